The smallest absolute Gasteiger partial charge is 0.263 e. The molecule has 2 aromatic heterocycles. The van der Waals surface area contributed by atoms with Crippen molar-refractivity contribution in [3.05, 3.63) is 64.4 Å². The molecule has 0 radical (unpaired) electrons. The lowest BCUT2D eigenvalue weighted by molar-refractivity contribution is 0.559. The van der Waals surface area contributed by atoms with Crippen LogP contribution >= 0.6 is 15.9 Å². The van der Waals surface area contributed by atoms with Gasteiger partial charge in [0.1, 0.15) is 5.82 Å². The fraction of sp³-hybridized carbons (Fsp3) is 0.263. The highest BCUT2D eigenvalue weighted by molar-refractivity contribution is 9.10. The monoisotopic (exact) mass is 448 g/mol. The molecule has 27 heavy (non-hydrogen) atoms. The van der Waals surface area contributed by atoms with Gasteiger partial charge in [0.15, 0.2) is 5.82 Å². The first-order valence-corrected chi connectivity index (χ1v) is 10.7. The molecule has 0 saturated carbocycles. The van der Waals surface area contributed by atoms with E-state index in [2.05, 4.69) is 30.7 Å². The highest BCUT2D eigenvalue weighted by atomic mass is 79.9. The number of nitrogens with one attached hydrogen (secondary N) is 1. The number of aromatic nitrogens is 3. The van der Waals surface area contributed by atoms with Crippen LogP contribution in [0.15, 0.2) is 58.0 Å². The summed E-state index contributed by atoms with van der Waals surface area (Å²) in [5, 5.41) is 4.59. The molecule has 0 spiro atoms. The Morgan fingerprint density at radius 3 is 2.48 bits per heavy atom. The van der Waals surface area contributed by atoms with Crippen molar-refractivity contribution in [3.8, 4) is 5.82 Å². The second kappa shape index (κ2) is 7.09. The molecule has 0 aliphatic heterocycles. The van der Waals surface area contributed by atoms with Gasteiger partial charge in [-0.3, -0.25) is 4.72 Å². The molecular weight excluding hydrogens is 428 g/mol. The third-order valence-electron chi connectivity index (χ3n) is 4.09. The normalized spacial score (nSPS) is 12.2. The van der Waals surface area contributed by atoms with Gasteiger partial charge in [0, 0.05) is 22.2 Å². The Morgan fingerprint density at radius 1 is 1.11 bits per heavy atom. The summed E-state index contributed by atoms with van der Waals surface area (Å²) in [4.78, 5) is 4.51. The van der Waals surface area contributed by atoms with Gasteiger partial charge in [-0.25, -0.2) is 13.4 Å². The third kappa shape index (κ3) is 4.06. The molecular formula is C19H21BrN4O2S. The van der Waals surface area contributed by atoms with Crippen molar-refractivity contribution >= 4 is 31.8 Å². The average Bonchev–Trinajstić information content (AvgIpc) is 3.01. The summed E-state index contributed by atoms with van der Waals surface area (Å²) in [6.45, 7) is 7.83. The lowest BCUT2D eigenvalue weighted by Gasteiger charge is -2.13. The van der Waals surface area contributed by atoms with E-state index in [-0.39, 0.29) is 10.3 Å². The number of sulfonamides is 1. The van der Waals surface area contributed by atoms with E-state index >= 15 is 0 Å². The van der Waals surface area contributed by atoms with Crippen LogP contribution in [0.5, 0.6) is 0 Å². The van der Waals surface area contributed by atoms with E-state index < -0.39 is 10.0 Å². The average molecular weight is 449 g/mol. The van der Waals surface area contributed by atoms with Crippen LogP contribution in [-0.2, 0) is 15.4 Å². The molecule has 1 aromatic carbocycles. The molecule has 0 aliphatic rings. The van der Waals surface area contributed by atoms with E-state index in [1.54, 1.807) is 43.5 Å². The Kier molecular flexibility index (Phi) is 5.14. The summed E-state index contributed by atoms with van der Waals surface area (Å²) in [5.74, 6) is 0.884. The van der Waals surface area contributed by atoms with Gasteiger partial charge in [-0.1, -0.05) is 48.8 Å². The Bertz CT molecular complexity index is 1070. The van der Waals surface area contributed by atoms with Crippen molar-refractivity contribution < 1.29 is 8.42 Å². The quantitative estimate of drug-likeness (QED) is 0.639. The topological polar surface area (TPSA) is 76.9 Å². The predicted octanol–water partition coefficient (Wildman–Crippen LogP) is 4.44. The van der Waals surface area contributed by atoms with Crippen LogP contribution in [0.1, 0.15) is 32.0 Å². The second-order valence-corrected chi connectivity index (χ2v) is 9.74. The maximum Gasteiger partial charge on any atom is 0.263 e. The largest absolute Gasteiger partial charge is 0.263 e. The fourth-order valence-electron chi connectivity index (χ4n) is 2.55. The third-order valence-corrected chi connectivity index (χ3v) is 6.45. The van der Waals surface area contributed by atoms with Gasteiger partial charge in [-0.15, -0.1) is 0 Å². The summed E-state index contributed by atoms with van der Waals surface area (Å²) in [5.41, 5.74) is 1.16. The zero-order valence-electron chi connectivity index (χ0n) is 15.6. The molecule has 8 heteroatoms. The number of hydrogen-bond acceptors (Lipinski definition) is 4. The lowest BCUT2D eigenvalue weighted by Crippen LogP contribution is -2.17. The molecule has 3 aromatic rings. The van der Waals surface area contributed by atoms with Gasteiger partial charge < -0.3 is 0 Å². The summed E-state index contributed by atoms with van der Waals surface area (Å²) < 4.78 is 31.0. The van der Waals surface area contributed by atoms with E-state index in [9.17, 15) is 8.42 Å². The maximum atomic E-state index is 13.0. The summed E-state index contributed by atoms with van der Waals surface area (Å²) in [6, 6.07) is 12.2. The minimum atomic E-state index is -3.80. The number of rotatable bonds is 4. The molecule has 6 nitrogen and oxygen atoms in total. The first-order valence-electron chi connectivity index (χ1n) is 8.39. The molecule has 0 amide bonds. The number of anilines is 1. The van der Waals surface area contributed by atoms with Crippen LogP contribution in [0.3, 0.4) is 0 Å². The second-order valence-electron chi connectivity index (χ2n) is 7.23. The Balaban J connectivity index is 2.11. The van der Waals surface area contributed by atoms with Gasteiger partial charge in [-0.05, 0) is 36.8 Å². The minimum Gasteiger partial charge on any atom is -0.263 e. The van der Waals surface area contributed by atoms with E-state index in [1.807, 2.05) is 32.9 Å². The number of pyridine rings is 1. The van der Waals surface area contributed by atoms with Crippen LogP contribution in [-0.4, -0.2) is 23.2 Å². The lowest BCUT2D eigenvalue weighted by atomic mass is 9.92. The first-order chi connectivity index (χ1) is 12.6. The van der Waals surface area contributed by atoms with Gasteiger partial charge in [-0.2, -0.15) is 9.78 Å². The van der Waals surface area contributed by atoms with Crippen LogP contribution < -0.4 is 4.72 Å². The summed E-state index contributed by atoms with van der Waals surface area (Å²) in [7, 11) is -3.80. The number of hydrogen-bond donors (Lipinski definition) is 1. The molecule has 0 aliphatic carbocycles. The summed E-state index contributed by atoms with van der Waals surface area (Å²) >= 11 is 3.39. The Labute approximate surface area is 167 Å². The molecule has 0 bridgehead atoms. The van der Waals surface area contributed by atoms with Crippen molar-refractivity contribution in [1.29, 1.82) is 0 Å². The fourth-order valence-corrected chi connectivity index (χ4v) is 4.34. The van der Waals surface area contributed by atoms with Crippen LogP contribution in [0.25, 0.3) is 5.82 Å². The number of halogens is 1. The number of nitrogens with zero attached hydrogens (tertiary/aromatic N) is 3. The Morgan fingerprint density at radius 2 is 1.85 bits per heavy atom. The van der Waals surface area contributed by atoms with Gasteiger partial charge in [0.05, 0.1) is 10.6 Å². The van der Waals surface area contributed by atoms with Crippen LogP contribution in [0.4, 0.5) is 5.82 Å². The van der Waals surface area contributed by atoms with E-state index in [1.165, 1.54) is 4.68 Å². The maximum absolute atomic E-state index is 13.0. The van der Waals surface area contributed by atoms with Gasteiger partial charge in [0.2, 0.25) is 0 Å². The molecule has 2 heterocycles. The highest BCUT2D eigenvalue weighted by Gasteiger charge is 2.25. The number of benzene rings is 1. The van der Waals surface area contributed by atoms with Gasteiger partial charge >= 0.3 is 0 Å². The SMILES string of the molecule is Cc1c(Br)cccc1S(=O)(=O)Nc1cc(C(C)(C)C)nn1-c1ccccn1. The van der Waals surface area contributed by atoms with Crippen molar-refractivity contribution in [2.45, 2.75) is 38.0 Å². The molecule has 0 fully saturated rings. The van der Waals surface area contributed by atoms with Crippen LogP contribution in [0, 0.1) is 6.92 Å². The van der Waals surface area contributed by atoms with Gasteiger partial charge in [0.25, 0.3) is 10.0 Å². The first kappa shape index (κ1) is 19.6. The van der Waals surface area contributed by atoms with E-state index in [0.717, 1.165) is 10.2 Å². The van der Waals surface area contributed by atoms with Crippen molar-refractivity contribution in [1.82, 2.24) is 14.8 Å². The zero-order valence-corrected chi connectivity index (χ0v) is 18.0. The van der Waals surface area contributed by atoms with E-state index in [0.29, 0.717) is 17.2 Å². The van der Waals surface area contributed by atoms with E-state index in [4.69, 9.17) is 0 Å². The Hall–Kier alpha value is -2.19. The van der Waals surface area contributed by atoms with Crippen molar-refractivity contribution in [2.75, 3.05) is 4.72 Å². The molecule has 3 rings (SSSR count). The molecule has 0 unspecified atom stereocenters. The molecule has 0 saturated heterocycles. The standard InChI is InChI=1S/C19H21BrN4O2S/c1-13-14(20)8-7-9-15(13)27(25,26)23-18-12-16(19(2,3)4)22-24(18)17-10-5-6-11-21-17/h5-12,23H,1-4H3. The summed E-state index contributed by atoms with van der Waals surface area (Å²) in [6.07, 6.45) is 1.64. The predicted molar refractivity (Wildman–Crippen MR) is 110 cm³/mol. The molecule has 1 N–H and O–H groups in total. The molecule has 142 valence electrons. The van der Waals surface area contributed by atoms with Crippen LogP contribution in [0.2, 0.25) is 0 Å². The van der Waals surface area contributed by atoms with Crippen molar-refractivity contribution in [2.24, 2.45) is 0 Å². The minimum absolute atomic E-state index is 0.211. The zero-order chi connectivity index (χ0) is 19.8. The van der Waals surface area contributed by atoms with Crippen molar-refractivity contribution in [3.63, 3.8) is 0 Å². The molecule has 0 atom stereocenters. The highest BCUT2D eigenvalue weighted by Crippen LogP contribution is 2.29.